The Morgan fingerprint density at radius 2 is 1.62 bits per heavy atom. The fraction of sp³-hybridized carbons (Fsp3) is 0.263. The number of urea groups is 1. The predicted octanol–water partition coefficient (Wildman–Crippen LogP) is 3.84. The summed E-state index contributed by atoms with van der Waals surface area (Å²) in [4.78, 5) is 23.3. The van der Waals surface area contributed by atoms with Gasteiger partial charge in [0.25, 0.3) is 0 Å². The minimum absolute atomic E-state index is 0.0496. The lowest BCUT2D eigenvalue weighted by Gasteiger charge is -2.26. The summed E-state index contributed by atoms with van der Waals surface area (Å²) in [7, 11) is 0. The molecule has 2 aromatic carbocycles. The first-order chi connectivity index (χ1) is 11.6. The Morgan fingerprint density at radius 1 is 0.958 bits per heavy atom. The molecule has 0 saturated carbocycles. The van der Waals surface area contributed by atoms with Crippen LogP contribution in [0.5, 0.6) is 0 Å². The maximum atomic E-state index is 12.3. The number of carbonyl (C=O) groups is 2. The van der Waals surface area contributed by atoms with E-state index in [1.165, 1.54) is 18.1 Å². The molecule has 0 aromatic heterocycles. The Bertz CT molecular complexity index is 741. The van der Waals surface area contributed by atoms with E-state index < -0.39 is 0 Å². The summed E-state index contributed by atoms with van der Waals surface area (Å²) in [6.07, 6.45) is 3.10. The van der Waals surface area contributed by atoms with Crippen LogP contribution in [0.15, 0.2) is 48.5 Å². The summed E-state index contributed by atoms with van der Waals surface area (Å²) in [6.45, 7) is 1.46. The van der Waals surface area contributed by atoms with Crippen molar-refractivity contribution in [2.75, 3.05) is 10.6 Å². The van der Waals surface area contributed by atoms with Gasteiger partial charge in [-0.1, -0.05) is 24.3 Å². The van der Waals surface area contributed by atoms with Crippen molar-refractivity contribution in [2.45, 2.75) is 32.2 Å². The minimum Gasteiger partial charge on any atom is -0.331 e. The number of fused-ring (bicyclic) bond motifs is 1. The van der Waals surface area contributed by atoms with Gasteiger partial charge in [-0.15, -0.1) is 0 Å². The van der Waals surface area contributed by atoms with Crippen molar-refractivity contribution >= 4 is 23.3 Å². The van der Waals surface area contributed by atoms with Crippen molar-refractivity contribution in [1.29, 1.82) is 0 Å². The first kappa shape index (κ1) is 16.1. The molecule has 0 saturated heterocycles. The normalized spacial score (nSPS) is 16.0. The molecule has 0 aliphatic heterocycles. The largest absolute Gasteiger partial charge is 0.331 e. The lowest BCUT2D eigenvalue weighted by Crippen LogP contribution is -2.34. The molecule has 1 aliphatic rings. The summed E-state index contributed by atoms with van der Waals surface area (Å²) in [5, 5.41) is 8.58. The Morgan fingerprint density at radius 3 is 2.33 bits per heavy atom. The van der Waals surface area contributed by atoms with Crippen LogP contribution >= 0.6 is 0 Å². The van der Waals surface area contributed by atoms with Gasteiger partial charge < -0.3 is 16.0 Å². The number of amides is 3. The molecule has 2 aromatic rings. The standard InChI is InChI=1S/C19H21N3O2/c1-13(23)20-15-9-11-16(12-10-15)21-19(24)22-18-8-4-6-14-5-2-3-7-17(14)18/h2-3,5,7,9-12,18H,4,6,8H2,1H3,(H,20,23)(H2,21,22,24). The maximum absolute atomic E-state index is 12.3. The molecule has 1 unspecified atom stereocenters. The highest BCUT2D eigenvalue weighted by Gasteiger charge is 2.21. The van der Waals surface area contributed by atoms with E-state index in [2.05, 4.69) is 28.1 Å². The van der Waals surface area contributed by atoms with E-state index in [0.717, 1.165) is 19.3 Å². The van der Waals surface area contributed by atoms with Crippen molar-refractivity contribution in [3.05, 3.63) is 59.7 Å². The highest BCUT2D eigenvalue weighted by molar-refractivity contribution is 5.91. The third-order valence-electron chi connectivity index (χ3n) is 4.14. The molecule has 0 radical (unpaired) electrons. The molecule has 5 nitrogen and oxygen atoms in total. The van der Waals surface area contributed by atoms with Crippen LogP contribution in [0.1, 0.15) is 36.9 Å². The summed E-state index contributed by atoms with van der Waals surface area (Å²) in [5.74, 6) is -0.121. The van der Waals surface area contributed by atoms with Crippen LogP contribution in [-0.4, -0.2) is 11.9 Å². The van der Waals surface area contributed by atoms with Crippen molar-refractivity contribution in [3.8, 4) is 0 Å². The molecule has 0 fully saturated rings. The van der Waals surface area contributed by atoms with Crippen molar-refractivity contribution in [2.24, 2.45) is 0 Å². The van der Waals surface area contributed by atoms with Gasteiger partial charge in [-0.05, 0) is 54.7 Å². The Balaban J connectivity index is 1.61. The highest BCUT2D eigenvalue weighted by Crippen LogP contribution is 2.29. The minimum atomic E-state index is -0.219. The Kier molecular flexibility index (Phi) is 4.79. The zero-order chi connectivity index (χ0) is 16.9. The van der Waals surface area contributed by atoms with Crippen molar-refractivity contribution < 1.29 is 9.59 Å². The zero-order valence-corrected chi connectivity index (χ0v) is 13.6. The Hall–Kier alpha value is -2.82. The van der Waals surface area contributed by atoms with Crippen molar-refractivity contribution in [3.63, 3.8) is 0 Å². The molecule has 1 aliphatic carbocycles. The fourth-order valence-electron chi connectivity index (χ4n) is 3.07. The van der Waals surface area contributed by atoms with Crippen LogP contribution in [0.25, 0.3) is 0 Å². The van der Waals surface area contributed by atoms with E-state index in [1.54, 1.807) is 24.3 Å². The van der Waals surface area contributed by atoms with E-state index in [-0.39, 0.29) is 18.0 Å². The second-order valence-electron chi connectivity index (χ2n) is 6.00. The molecule has 3 amide bonds. The first-order valence-corrected chi connectivity index (χ1v) is 8.15. The van der Waals surface area contributed by atoms with Gasteiger partial charge in [-0.2, -0.15) is 0 Å². The SMILES string of the molecule is CC(=O)Nc1ccc(NC(=O)NC2CCCc3ccccc32)cc1. The number of aryl methyl sites for hydroxylation is 1. The van der Waals surface area contributed by atoms with Gasteiger partial charge in [0.05, 0.1) is 6.04 Å². The molecule has 0 bridgehead atoms. The summed E-state index contributed by atoms with van der Waals surface area (Å²) < 4.78 is 0. The lowest BCUT2D eigenvalue weighted by molar-refractivity contribution is -0.114. The number of carbonyl (C=O) groups excluding carboxylic acids is 2. The van der Waals surface area contributed by atoms with E-state index in [4.69, 9.17) is 0 Å². The molecule has 3 N–H and O–H groups in total. The van der Waals surface area contributed by atoms with Gasteiger partial charge in [-0.25, -0.2) is 4.79 Å². The van der Waals surface area contributed by atoms with Crippen LogP contribution in [-0.2, 0) is 11.2 Å². The smallest absolute Gasteiger partial charge is 0.319 e. The molecule has 0 spiro atoms. The monoisotopic (exact) mass is 323 g/mol. The zero-order valence-electron chi connectivity index (χ0n) is 13.6. The van der Waals surface area contributed by atoms with E-state index in [0.29, 0.717) is 11.4 Å². The Labute approximate surface area is 141 Å². The molecular formula is C19H21N3O2. The summed E-state index contributed by atoms with van der Waals surface area (Å²) in [6, 6.07) is 15.1. The third-order valence-corrected chi connectivity index (χ3v) is 4.14. The number of hydrogen-bond donors (Lipinski definition) is 3. The van der Waals surface area contributed by atoms with Gasteiger partial charge in [0.2, 0.25) is 5.91 Å². The van der Waals surface area contributed by atoms with Crippen LogP contribution in [0.2, 0.25) is 0 Å². The number of benzene rings is 2. The molecule has 1 atom stereocenters. The molecule has 24 heavy (non-hydrogen) atoms. The van der Waals surface area contributed by atoms with Gasteiger partial charge in [0, 0.05) is 18.3 Å². The van der Waals surface area contributed by atoms with Crippen LogP contribution in [0.4, 0.5) is 16.2 Å². The van der Waals surface area contributed by atoms with Gasteiger partial charge >= 0.3 is 6.03 Å². The predicted molar refractivity (Wildman–Crippen MR) is 95.0 cm³/mol. The lowest BCUT2D eigenvalue weighted by atomic mass is 9.88. The number of rotatable bonds is 3. The van der Waals surface area contributed by atoms with Crippen molar-refractivity contribution in [1.82, 2.24) is 5.32 Å². The van der Waals surface area contributed by atoms with E-state index in [1.807, 2.05) is 12.1 Å². The van der Waals surface area contributed by atoms with E-state index >= 15 is 0 Å². The van der Waals surface area contributed by atoms with Crippen LogP contribution < -0.4 is 16.0 Å². The molecule has 3 rings (SSSR count). The van der Waals surface area contributed by atoms with Crippen LogP contribution in [0, 0.1) is 0 Å². The molecule has 124 valence electrons. The summed E-state index contributed by atoms with van der Waals surface area (Å²) in [5.41, 5.74) is 3.91. The van der Waals surface area contributed by atoms with Gasteiger partial charge in [0.15, 0.2) is 0 Å². The highest BCUT2D eigenvalue weighted by atomic mass is 16.2. The average molecular weight is 323 g/mol. The first-order valence-electron chi connectivity index (χ1n) is 8.15. The average Bonchev–Trinajstić information content (AvgIpc) is 2.56. The molecular weight excluding hydrogens is 302 g/mol. The maximum Gasteiger partial charge on any atom is 0.319 e. The topological polar surface area (TPSA) is 70.2 Å². The molecule has 0 heterocycles. The number of anilines is 2. The van der Waals surface area contributed by atoms with Gasteiger partial charge in [-0.3, -0.25) is 4.79 Å². The quantitative estimate of drug-likeness (QED) is 0.803. The second-order valence-corrected chi connectivity index (χ2v) is 6.00. The third kappa shape index (κ3) is 3.93. The number of nitrogens with one attached hydrogen (secondary N) is 3. The fourth-order valence-corrected chi connectivity index (χ4v) is 3.07. The summed E-state index contributed by atoms with van der Waals surface area (Å²) >= 11 is 0. The number of hydrogen-bond acceptors (Lipinski definition) is 2. The van der Waals surface area contributed by atoms with Crippen LogP contribution in [0.3, 0.4) is 0 Å². The van der Waals surface area contributed by atoms with E-state index in [9.17, 15) is 9.59 Å². The van der Waals surface area contributed by atoms with Gasteiger partial charge in [0.1, 0.15) is 0 Å². The second kappa shape index (κ2) is 7.17. The molecule has 5 heteroatoms.